The molecule has 1 atom stereocenters. The molecule has 1 rings (SSSR count). The first-order valence-corrected chi connectivity index (χ1v) is 8.30. The van der Waals surface area contributed by atoms with Crippen molar-refractivity contribution in [2.45, 2.75) is 26.2 Å². The second-order valence-corrected chi connectivity index (χ2v) is 6.21. The highest BCUT2D eigenvalue weighted by atomic mass is 32.2. The van der Waals surface area contributed by atoms with Crippen LogP contribution in [0.25, 0.3) is 0 Å². The van der Waals surface area contributed by atoms with Crippen LogP contribution in [0.3, 0.4) is 0 Å². The van der Waals surface area contributed by atoms with Gasteiger partial charge < -0.3 is 10.1 Å². The molecule has 0 heterocycles. The van der Waals surface area contributed by atoms with Crippen molar-refractivity contribution in [1.82, 2.24) is 5.32 Å². The fourth-order valence-corrected chi connectivity index (χ4v) is 2.98. The summed E-state index contributed by atoms with van der Waals surface area (Å²) in [6, 6.07) is 8.45. The lowest BCUT2D eigenvalue weighted by atomic mass is 9.95. The summed E-state index contributed by atoms with van der Waals surface area (Å²) < 4.78 is 5.29. The van der Waals surface area contributed by atoms with Gasteiger partial charge in [0.2, 0.25) is 0 Å². The maximum atomic E-state index is 5.29. The monoisotopic (exact) mass is 281 g/mol. The highest BCUT2D eigenvalue weighted by molar-refractivity contribution is 7.99. The number of hydrogen-bond donors (Lipinski definition) is 1. The molecule has 0 aliphatic heterocycles. The van der Waals surface area contributed by atoms with Crippen molar-refractivity contribution in [1.29, 1.82) is 0 Å². The number of hydrogen-bond acceptors (Lipinski definition) is 3. The van der Waals surface area contributed by atoms with E-state index in [1.54, 1.807) is 7.11 Å². The van der Waals surface area contributed by atoms with Gasteiger partial charge in [-0.25, -0.2) is 0 Å². The van der Waals surface area contributed by atoms with Crippen LogP contribution in [-0.2, 0) is 6.42 Å². The summed E-state index contributed by atoms with van der Waals surface area (Å²) >= 11 is 2.04. The lowest BCUT2D eigenvalue weighted by Crippen LogP contribution is -2.21. The smallest absolute Gasteiger partial charge is 0.119 e. The van der Waals surface area contributed by atoms with Crippen LogP contribution in [0.15, 0.2) is 24.3 Å². The first-order chi connectivity index (χ1) is 9.30. The SMILES string of the molecule is CCSCCCC(CNC)Cc1cccc(OC)c1. The van der Waals surface area contributed by atoms with Crippen LogP contribution in [0.5, 0.6) is 5.75 Å². The number of benzene rings is 1. The van der Waals surface area contributed by atoms with Crippen LogP contribution >= 0.6 is 11.8 Å². The lowest BCUT2D eigenvalue weighted by Gasteiger charge is -2.17. The molecule has 1 aromatic carbocycles. The van der Waals surface area contributed by atoms with Crippen LogP contribution in [-0.4, -0.2) is 32.2 Å². The standard InChI is InChI=1S/C16H27NOS/c1-4-19-10-6-8-15(13-17-2)11-14-7-5-9-16(12-14)18-3/h5,7,9,12,15,17H,4,6,8,10-11,13H2,1-3H3. The van der Waals surface area contributed by atoms with Crippen molar-refractivity contribution in [3.63, 3.8) is 0 Å². The molecule has 19 heavy (non-hydrogen) atoms. The van der Waals surface area contributed by atoms with Gasteiger partial charge in [0.1, 0.15) is 5.75 Å². The van der Waals surface area contributed by atoms with Crippen molar-refractivity contribution in [2.75, 3.05) is 32.2 Å². The third-order valence-electron chi connectivity index (χ3n) is 3.26. The molecule has 0 saturated heterocycles. The van der Waals surface area contributed by atoms with Gasteiger partial charge in [0.25, 0.3) is 0 Å². The van der Waals surface area contributed by atoms with Gasteiger partial charge in [-0.3, -0.25) is 0 Å². The van der Waals surface area contributed by atoms with Crippen LogP contribution in [0, 0.1) is 5.92 Å². The van der Waals surface area contributed by atoms with Crippen molar-refractivity contribution in [2.24, 2.45) is 5.92 Å². The summed E-state index contributed by atoms with van der Waals surface area (Å²) in [5.74, 6) is 4.19. The molecule has 108 valence electrons. The van der Waals surface area contributed by atoms with Gasteiger partial charge in [-0.2, -0.15) is 11.8 Å². The van der Waals surface area contributed by atoms with Crippen LogP contribution in [0.4, 0.5) is 0 Å². The van der Waals surface area contributed by atoms with E-state index in [0.29, 0.717) is 0 Å². The third-order valence-corrected chi connectivity index (χ3v) is 4.24. The molecule has 0 aliphatic carbocycles. The average molecular weight is 281 g/mol. The van der Waals surface area contributed by atoms with Gasteiger partial charge in [0.05, 0.1) is 7.11 Å². The van der Waals surface area contributed by atoms with E-state index < -0.39 is 0 Å². The van der Waals surface area contributed by atoms with Gasteiger partial charge in [-0.15, -0.1) is 0 Å². The highest BCUT2D eigenvalue weighted by Gasteiger charge is 2.09. The Balaban J connectivity index is 2.46. The van der Waals surface area contributed by atoms with E-state index in [4.69, 9.17) is 4.74 Å². The van der Waals surface area contributed by atoms with Gasteiger partial charge in [0.15, 0.2) is 0 Å². The molecule has 0 aliphatic rings. The maximum absolute atomic E-state index is 5.29. The summed E-state index contributed by atoms with van der Waals surface area (Å²) in [4.78, 5) is 0. The number of thioether (sulfide) groups is 1. The van der Waals surface area contributed by atoms with Crippen LogP contribution < -0.4 is 10.1 Å². The Morgan fingerprint density at radius 3 is 2.89 bits per heavy atom. The molecule has 0 spiro atoms. The topological polar surface area (TPSA) is 21.3 Å². The summed E-state index contributed by atoms with van der Waals surface area (Å²) in [6.45, 7) is 3.32. The van der Waals surface area contributed by atoms with Crippen molar-refractivity contribution in [3.8, 4) is 5.75 Å². The first kappa shape index (κ1) is 16.4. The molecule has 0 fully saturated rings. The average Bonchev–Trinajstić information content (AvgIpc) is 2.44. The Hall–Kier alpha value is -0.670. The molecule has 0 radical (unpaired) electrons. The molecule has 0 saturated carbocycles. The van der Waals surface area contributed by atoms with Crippen molar-refractivity contribution < 1.29 is 4.74 Å². The first-order valence-electron chi connectivity index (χ1n) is 7.15. The molecule has 3 heteroatoms. The van der Waals surface area contributed by atoms with Gasteiger partial charge >= 0.3 is 0 Å². The normalized spacial score (nSPS) is 12.4. The molecule has 1 aromatic rings. The molecule has 0 amide bonds. The third kappa shape index (κ3) is 6.88. The number of rotatable bonds is 10. The van der Waals surface area contributed by atoms with E-state index in [1.807, 2.05) is 24.9 Å². The number of methoxy groups -OCH3 is 1. The zero-order chi connectivity index (χ0) is 13.9. The molecule has 1 unspecified atom stereocenters. The summed E-state index contributed by atoms with van der Waals surface area (Å²) in [7, 11) is 3.77. The zero-order valence-corrected chi connectivity index (χ0v) is 13.3. The second kappa shape index (κ2) is 10.2. The molecule has 0 bridgehead atoms. The van der Waals surface area contributed by atoms with E-state index in [1.165, 1.54) is 29.9 Å². The molecule has 2 nitrogen and oxygen atoms in total. The van der Waals surface area contributed by atoms with Gasteiger partial charge in [-0.1, -0.05) is 19.1 Å². The molecule has 0 aromatic heterocycles. The van der Waals surface area contributed by atoms with Crippen LogP contribution in [0.1, 0.15) is 25.3 Å². The van der Waals surface area contributed by atoms with E-state index in [2.05, 4.69) is 30.4 Å². The fraction of sp³-hybridized carbons (Fsp3) is 0.625. The minimum Gasteiger partial charge on any atom is -0.497 e. The van der Waals surface area contributed by atoms with E-state index in [-0.39, 0.29) is 0 Å². The van der Waals surface area contributed by atoms with E-state index in [0.717, 1.165) is 24.6 Å². The maximum Gasteiger partial charge on any atom is 0.119 e. The van der Waals surface area contributed by atoms with Crippen LogP contribution in [0.2, 0.25) is 0 Å². The second-order valence-electron chi connectivity index (χ2n) is 4.82. The number of nitrogens with one attached hydrogen (secondary N) is 1. The molecule has 1 N–H and O–H groups in total. The van der Waals surface area contributed by atoms with Gasteiger partial charge in [0, 0.05) is 0 Å². The summed E-state index contributed by atoms with van der Waals surface area (Å²) in [6.07, 6.45) is 3.74. The summed E-state index contributed by atoms with van der Waals surface area (Å²) in [5, 5.41) is 3.32. The minimum atomic E-state index is 0.717. The Labute approximate surface area is 122 Å². The minimum absolute atomic E-state index is 0.717. The number of ether oxygens (including phenoxy) is 1. The lowest BCUT2D eigenvalue weighted by molar-refractivity contribution is 0.412. The summed E-state index contributed by atoms with van der Waals surface area (Å²) in [5.41, 5.74) is 1.38. The predicted molar refractivity (Wildman–Crippen MR) is 86.3 cm³/mol. The predicted octanol–water partition coefficient (Wildman–Crippen LogP) is 3.61. The Morgan fingerprint density at radius 2 is 2.21 bits per heavy atom. The largest absolute Gasteiger partial charge is 0.497 e. The highest BCUT2D eigenvalue weighted by Crippen LogP contribution is 2.19. The molecular formula is C16H27NOS. The molecular weight excluding hydrogens is 254 g/mol. The Bertz CT molecular complexity index is 343. The van der Waals surface area contributed by atoms with Gasteiger partial charge in [-0.05, 0) is 68.0 Å². The van der Waals surface area contributed by atoms with Crippen molar-refractivity contribution >= 4 is 11.8 Å². The quantitative estimate of drug-likeness (QED) is 0.662. The van der Waals surface area contributed by atoms with E-state index >= 15 is 0 Å². The van der Waals surface area contributed by atoms with Crippen molar-refractivity contribution in [3.05, 3.63) is 29.8 Å². The Morgan fingerprint density at radius 1 is 1.37 bits per heavy atom. The Kier molecular flexibility index (Phi) is 8.76. The fourth-order valence-electron chi connectivity index (χ4n) is 2.32. The zero-order valence-electron chi connectivity index (χ0n) is 12.4. The van der Waals surface area contributed by atoms with E-state index in [9.17, 15) is 0 Å².